The van der Waals surface area contributed by atoms with Crippen molar-refractivity contribution in [2.45, 2.75) is 63.7 Å². The Bertz CT molecular complexity index is 928. The van der Waals surface area contributed by atoms with Crippen LogP contribution in [0.25, 0.3) is 0 Å². The molecule has 5 nitrogen and oxygen atoms in total. The number of rotatable bonds is 11. The highest BCUT2D eigenvalue weighted by molar-refractivity contribution is 6.99. The smallest absolute Gasteiger partial charge is 0.305 e. The number of hydrogen-bond acceptors (Lipinski definition) is 5. The molecular formula is C29H38O5Si. The van der Waals surface area contributed by atoms with Crippen molar-refractivity contribution >= 4 is 30.9 Å². The first kappa shape index (κ1) is 27.1. The third kappa shape index (κ3) is 6.37. The largest absolute Gasteiger partial charge is 0.469 e. The molecule has 0 N–H and O–H groups in total. The van der Waals surface area contributed by atoms with E-state index < -0.39 is 14.4 Å². The van der Waals surface area contributed by atoms with Crippen LogP contribution in [-0.2, 0) is 23.5 Å². The maximum Gasteiger partial charge on any atom is 0.305 e. The molecule has 1 saturated heterocycles. The standard InChI is InChI=1S/C29H38O5Si/c1-29(2,3)35(23-15-9-7-10-16-23,24-17-11-8-12-18-24)34-27-22-33-26(21-30)25(27)19-13-5-6-14-20-28(31)32-4/h5,7-13,15-18,21,25-27H,6,14,19-20,22H2,1-4H3/b13-5-. The predicted octanol–water partition coefficient (Wildman–Crippen LogP) is 4.44. The van der Waals surface area contributed by atoms with Gasteiger partial charge in [0.2, 0.25) is 0 Å². The van der Waals surface area contributed by atoms with Crippen molar-refractivity contribution in [3.63, 3.8) is 0 Å². The number of hydrogen-bond donors (Lipinski definition) is 0. The van der Waals surface area contributed by atoms with Crippen molar-refractivity contribution in [1.29, 1.82) is 0 Å². The lowest BCUT2D eigenvalue weighted by Crippen LogP contribution is -2.68. The number of esters is 1. The molecule has 188 valence electrons. The van der Waals surface area contributed by atoms with E-state index in [1.165, 1.54) is 17.5 Å². The van der Waals surface area contributed by atoms with Crippen LogP contribution in [-0.4, -0.2) is 46.5 Å². The highest BCUT2D eigenvalue weighted by Gasteiger charge is 2.53. The Morgan fingerprint density at radius 1 is 1.03 bits per heavy atom. The Morgan fingerprint density at radius 3 is 2.14 bits per heavy atom. The van der Waals surface area contributed by atoms with Crippen LogP contribution in [0.15, 0.2) is 72.8 Å². The molecule has 0 aromatic heterocycles. The monoisotopic (exact) mass is 494 g/mol. The number of carbonyl (C=O) groups excluding carboxylic acids is 2. The van der Waals surface area contributed by atoms with Crippen LogP contribution in [0.2, 0.25) is 5.04 Å². The molecule has 2 aromatic rings. The van der Waals surface area contributed by atoms with E-state index in [1.54, 1.807) is 0 Å². The van der Waals surface area contributed by atoms with E-state index in [1.807, 2.05) is 12.1 Å². The maximum absolute atomic E-state index is 11.9. The molecule has 0 aliphatic carbocycles. The van der Waals surface area contributed by atoms with Gasteiger partial charge in [0.1, 0.15) is 12.4 Å². The quantitative estimate of drug-likeness (QED) is 0.152. The van der Waals surface area contributed by atoms with Crippen LogP contribution in [0, 0.1) is 5.92 Å². The minimum absolute atomic E-state index is 0.0639. The Kier molecular flexibility index (Phi) is 9.60. The van der Waals surface area contributed by atoms with E-state index in [2.05, 4.69) is 81.5 Å². The summed E-state index contributed by atoms with van der Waals surface area (Å²) in [4.78, 5) is 23.2. The zero-order valence-corrected chi connectivity index (χ0v) is 22.3. The van der Waals surface area contributed by atoms with E-state index >= 15 is 0 Å². The van der Waals surface area contributed by atoms with Gasteiger partial charge >= 0.3 is 5.97 Å². The zero-order chi connectivity index (χ0) is 25.3. The van der Waals surface area contributed by atoms with Crippen LogP contribution >= 0.6 is 0 Å². The maximum atomic E-state index is 11.9. The van der Waals surface area contributed by atoms with E-state index in [9.17, 15) is 9.59 Å². The van der Waals surface area contributed by atoms with E-state index in [0.717, 1.165) is 19.1 Å². The molecule has 1 aliphatic heterocycles. The lowest BCUT2D eigenvalue weighted by Gasteiger charge is -2.45. The summed E-state index contributed by atoms with van der Waals surface area (Å²) in [5, 5.41) is 2.28. The highest BCUT2D eigenvalue weighted by atomic mass is 28.4. The van der Waals surface area contributed by atoms with Crippen molar-refractivity contribution in [3.05, 3.63) is 72.8 Å². The molecule has 35 heavy (non-hydrogen) atoms. The second-order valence-corrected chi connectivity index (χ2v) is 14.3. The van der Waals surface area contributed by atoms with Crippen molar-refractivity contribution in [2.75, 3.05) is 13.7 Å². The molecule has 0 amide bonds. The predicted molar refractivity (Wildman–Crippen MR) is 141 cm³/mol. The highest BCUT2D eigenvalue weighted by Crippen LogP contribution is 2.40. The number of benzene rings is 2. The van der Waals surface area contributed by atoms with Gasteiger partial charge in [0.05, 0.1) is 19.8 Å². The average molecular weight is 495 g/mol. The number of ether oxygens (including phenoxy) is 2. The van der Waals surface area contributed by atoms with Crippen LogP contribution < -0.4 is 10.4 Å². The number of allylic oxidation sites excluding steroid dienone is 2. The van der Waals surface area contributed by atoms with E-state index in [4.69, 9.17) is 13.9 Å². The molecule has 2 aromatic carbocycles. The van der Waals surface area contributed by atoms with Gasteiger partial charge in [-0.05, 0) is 34.7 Å². The van der Waals surface area contributed by atoms with Gasteiger partial charge in [-0.1, -0.05) is 93.6 Å². The molecule has 1 fully saturated rings. The van der Waals surface area contributed by atoms with Crippen LogP contribution in [0.5, 0.6) is 0 Å². The van der Waals surface area contributed by atoms with Crippen molar-refractivity contribution in [3.8, 4) is 0 Å². The van der Waals surface area contributed by atoms with Crippen molar-refractivity contribution in [1.82, 2.24) is 0 Å². The Balaban J connectivity index is 1.88. The van der Waals surface area contributed by atoms with E-state index in [0.29, 0.717) is 19.4 Å². The molecular weight excluding hydrogens is 456 g/mol. The Labute approximate surface area is 210 Å². The van der Waals surface area contributed by atoms with Gasteiger partial charge in [-0.3, -0.25) is 4.79 Å². The Hall–Kier alpha value is -2.54. The topological polar surface area (TPSA) is 61.8 Å². The third-order valence-corrected chi connectivity index (χ3v) is 11.8. The van der Waals surface area contributed by atoms with Gasteiger partial charge < -0.3 is 18.7 Å². The van der Waals surface area contributed by atoms with Gasteiger partial charge in [0, 0.05) is 12.3 Å². The minimum Gasteiger partial charge on any atom is -0.469 e. The van der Waals surface area contributed by atoms with Crippen LogP contribution in [0.4, 0.5) is 0 Å². The summed E-state index contributed by atoms with van der Waals surface area (Å²) in [7, 11) is -1.34. The summed E-state index contributed by atoms with van der Waals surface area (Å²) in [6.07, 6.45) is 7.00. The van der Waals surface area contributed by atoms with Crippen molar-refractivity contribution in [2.24, 2.45) is 5.92 Å². The first-order valence-corrected chi connectivity index (χ1v) is 14.3. The fraction of sp³-hybridized carbons (Fsp3) is 0.448. The van der Waals surface area contributed by atoms with Gasteiger partial charge in [-0.25, -0.2) is 0 Å². The number of aldehydes is 1. The molecule has 3 rings (SSSR count). The number of unbranched alkanes of at least 4 members (excludes halogenated alkanes) is 1. The lowest BCUT2D eigenvalue weighted by molar-refractivity contribution is -0.140. The number of carbonyl (C=O) groups is 2. The molecule has 6 heteroatoms. The molecule has 0 bridgehead atoms. The summed E-state index contributed by atoms with van der Waals surface area (Å²) in [6.45, 7) is 7.15. The first-order chi connectivity index (χ1) is 16.8. The van der Waals surface area contributed by atoms with Crippen LogP contribution in [0.3, 0.4) is 0 Å². The summed E-state index contributed by atoms with van der Waals surface area (Å²) in [6, 6.07) is 21.1. The van der Waals surface area contributed by atoms with Gasteiger partial charge in [0.15, 0.2) is 0 Å². The van der Waals surface area contributed by atoms with Crippen molar-refractivity contribution < 1.29 is 23.5 Å². The minimum atomic E-state index is -2.75. The molecule has 1 heterocycles. The summed E-state index contributed by atoms with van der Waals surface area (Å²) in [5.74, 6) is -0.256. The molecule has 3 atom stereocenters. The molecule has 1 aliphatic rings. The summed E-state index contributed by atoms with van der Waals surface area (Å²) < 4.78 is 17.9. The summed E-state index contributed by atoms with van der Waals surface area (Å²) in [5.41, 5.74) is 0. The second kappa shape index (κ2) is 12.4. The molecule has 0 spiro atoms. The van der Waals surface area contributed by atoms with Gasteiger partial charge in [-0.2, -0.15) is 0 Å². The van der Waals surface area contributed by atoms with Gasteiger partial charge in [-0.15, -0.1) is 0 Å². The zero-order valence-electron chi connectivity index (χ0n) is 21.3. The first-order valence-electron chi connectivity index (χ1n) is 12.4. The normalized spacial score (nSPS) is 20.7. The average Bonchev–Trinajstić information content (AvgIpc) is 3.25. The summed E-state index contributed by atoms with van der Waals surface area (Å²) >= 11 is 0. The fourth-order valence-corrected chi connectivity index (χ4v) is 9.68. The SMILES string of the molecule is COC(=O)CCC/C=C\CC1C(C=O)OCC1O[Si](c1ccccc1)(c1ccccc1)C(C)(C)C. The fourth-order valence-electron chi connectivity index (χ4n) is 4.97. The third-order valence-electron chi connectivity index (χ3n) is 6.79. The van der Waals surface area contributed by atoms with Gasteiger partial charge in [0.25, 0.3) is 8.32 Å². The molecule has 0 saturated carbocycles. The lowest BCUT2D eigenvalue weighted by atomic mass is 9.95. The Morgan fingerprint density at radius 2 is 1.63 bits per heavy atom. The molecule has 0 radical (unpaired) electrons. The molecule has 3 unspecified atom stereocenters. The van der Waals surface area contributed by atoms with Crippen LogP contribution in [0.1, 0.15) is 46.5 Å². The second-order valence-electron chi connectivity index (χ2n) is 10.1. The number of methoxy groups -OCH3 is 1. The van der Waals surface area contributed by atoms with E-state index in [-0.39, 0.29) is 23.0 Å².